The largest absolute Gasteiger partial charge is 0.497 e. The number of hydrogen-bond acceptors (Lipinski definition) is 4. The summed E-state index contributed by atoms with van der Waals surface area (Å²) in [5.74, 6) is 0.948. The van der Waals surface area contributed by atoms with Crippen molar-refractivity contribution in [2.75, 3.05) is 31.4 Å². The van der Waals surface area contributed by atoms with Crippen LogP contribution in [0.15, 0.2) is 42.5 Å². The molecule has 0 heterocycles. The fraction of sp³-hybridized carbons (Fsp3) is 0.316. The van der Waals surface area contributed by atoms with E-state index in [1.807, 2.05) is 24.3 Å². The summed E-state index contributed by atoms with van der Waals surface area (Å²) in [6, 6.07) is 12.8. The van der Waals surface area contributed by atoms with Crippen molar-refractivity contribution in [3.05, 3.63) is 48.0 Å². The maximum absolute atomic E-state index is 12.4. The molecule has 0 saturated heterocycles. The van der Waals surface area contributed by atoms with Crippen LogP contribution in [-0.2, 0) is 0 Å². The highest BCUT2D eigenvalue weighted by Crippen LogP contribution is 2.23. The molecule has 0 radical (unpaired) electrons. The molecule has 5 heteroatoms. The predicted molar refractivity (Wildman–Crippen MR) is 97.3 cm³/mol. The first kappa shape index (κ1) is 17.7. The van der Waals surface area contributed by atoms with Crippen LogP contribution < -0.4 is 20.1 Å². The normalized spacial score (nSPS) is 10.1. The molecule has 0 saturated carbocycles. The van der Waals surface area contributed by atoms with Gasteiger partial charge in [-0.3, -0.25) is 4.79 Å². The topological polar surface area (TPSA) is 59.6 Å². The summed E-state index contributed by atoms with van der Waals surface area (Å²) in [6.45, 7) is 3.11. The number of ether oxygens (including phenoxy) is 2. The second-order valence-electron chi connectivity index (χ2n) is 5.41. The number of carbonyl (C=O) groups excluding carboxylic acids is 1. The van der Waals surface area contributed by atoms with E-state index in [-0.39, 0.29) is 5.91 Å². The Bertz CT molecular complexity index is 647. The van der Waals surface area contributed by atoms with E-state index in [0.29, 0.717) is 17.1 Å². The zero-order valence-electron chi connectivity index (χ0n) is 14.4. The Balaban J connectivity index is 2.04. The number of nitrogens with one attached hydrogen (secondary N) is 2. The number of rotatable bonds is 8. The van der Waals surface area contributed by atoms with E-state index in [9.17, 15) is 4.79 Å². The van der Waals surface area contributed by atoms with Gasteiger partial charge in [-0.25, -0.2) is 0 Å². The monoisotopic (exact) mass is 328 g/mol. The van der Waals surface area contributed by atoms with Gasteiger partial charge in [-0.2, -0.15) is 0 Å². The number of hydrogen-bond donors (Lipinski definition) is 2. The first-order valence-electron chi connectivity index (χ1n) is 8.04. The molecule has 0 aliphatic rings. The molecule has 2 aromatic rings. The van der Waals surface area contributed by atoms with Crippen LogP contribution >= 0.6 is 0 Å². The maximum atomic E-state index is 12.4. The third-order valence-electron chi connectivity index (χ3n) is 3.62. The molecular weight excluding hydrogens is 304 g/mol. The minimum absolute atomic E-state index is 0.209. The number of unbranched alkanes of at least 4 members (excludes halogenated alkanes) is 1. The van der Waals surface area contributed by atoms with Crippen LogP contribution in [0.25, 0.3) is 0 Å². The lowest BCUT2D eigenvalue weighted by atomic mass is 10.1. The summed E-state index contributed by atoms with van der Waals surface area (Å²) in [6.07, 6.45) is 2.29. The molecule has 2 rings (SSSR count). The second-order valence-corrected chi connectivity index (χ2v) is 5.41. The van der Waals surface area contributed by atoms with Crippen molar-refractivity contribution in [1.82, 2.24) is 0 Å². The van der Waals surface area contributed by atoms with E-state index in [4.69, 9.17) is 9.47 Å². The van der Waals surface area contributed by atoms with Crippen LogP contribution in [0.3, 0.4) is 0 Å². The lowest BCUT2D eigenvalue weighted by Gasteiger charge is -2.10. The van der Waals surface area contributed by atoms with Gasteiger partial charge in [0.05, 0.1) is 14.2 Å². The highest BCUT2D eigenvalue weighted by Gasteiger charge is 2.10. The van der Waals surface area contributed by atoms with Gasteiger partial charge in [0.15, 0.2) is 0 Å². The summed E-state index contributed by atoms with van der Waals surface area (Å²) in [7, 11) is 3.11. The van der Waals surface area contributed by atoms with Gasteiger partial charge in [0, 0.05) is 29.5 Å². The Hall–Kier alpha value is -2.69. The number of anilines is 2. The molecule has 24 heavy (non-hydrogen) atoms. The fourth-order valence-electron chi connectivity index (χ4n) is 2.22. The summed E-state index contributed by atoms with van der Waals surface area (Å²) in [5.41, 5.74) is 2.27. The Morgan fingerprint density at radius 3 is 2.08 bits per heavy atom. The standard InChI is InChI=1S/C19H24N2O3/c1-4-5-10-20-15-6-8-16(9-7-15)21-19(22)14-11-17(23-2)13-18(12-14)24-3/h6-9,11-13,20H,4-5,10H2,1-3H3,(H,21,22). The first-order valence-corrected chi connectivity index (χ1v) is 8.04. The molecule has 128 valence electrons. The van der Waals surface area contributed by atoms with Gasteiger partial charge < -0.3 is 20.1 Å². The summed E-state index contributed by atoms with van der Waals surface area (Å²) >= 11 is 0. The number of amides is 1. The Labute approximate surface area is 143 Å². The lowest BCUT2D eigenvalue weighted by molar-refractivity contribution is 0.102. The van der Waals surface area contributed by atoms with Gasteiger partial charge in [-0.1, -0.05) is 13.3 Å². The minimum Gasteiger partial charge on any atom is -0.497 e. The Kier molecular flexibility index (Phi) is 6.49. The molecule has 0 aliphatic heterocycles. The van der Waals surface area contributed by atoms with Crippen LogP contribution in [0.2, 0.25) is 0 Å². The molecule has 0 spiro atoms. The van der Waals surface area contributed by atoms with Crippen LogP contribution in [0.4, 0.5) is 11.4 Å². The number of benzene rings is 2. The smallest absolute Gasteiger partial charge is 0.255 e. The van der Waals surface area contributed by atoms with Gasteiger partial charge >= 0.3 is 0 Å². The van der Waals surface area contributed by atoms with Crippen molar-refractivity contribution < 1.29 is 14.3 Å². The lowest BCUT2D eigenvalue weighted by Crippen LogP contribution is -2.12. The molecule has 0 aliphatic carbocycles. The summed E-state index contributed by atoms with van der Waals surface area (Å²) < 4.78 is 10.4. The van der Waals surface area contributed by atoms with E-state index in [1.54, 1.807) is 32.4 Å². The van der Waals surface area contributed by atoms with Crippen LogP contribution in [0.1, 0.15) is 30.1 Å². The van der Waals surface area contributed by atoms with E-state index < -0.39 is 0 Å². The van der Waals surface area contributed by atoms with Crippen LogP contribution in [-0.4, -0.2) is 26.7 Å². The van der Waals surface area contributed by atoms with Gasteiger partial charge in [0.2, 0.25) is 0 Å². The zero-order chi connectivity index (χ0) is 17.4. The molecule has 0 fully saturated rings. The van der Waals surface area contributed by atoms with Crippen molar-refractivity contribution in [3.63, 3.8) is 0 Å². The predicted octanol–water partition coefficient (Wildman–Crippen LogP) is 4.17. The van der Waals surface area contributed by atoms with Crippen molar-refractivity contribution in [2.24, 2.45) is 0 Å². The third-order valence-corrected chi connectivity index (χ3v) is 3.62. The molecule has 0 aromatic heterocycles. The van der Waals surface area contributed by atoms with Crippen molar-refractivity contribution in [3.8, 4) is 11.5 Å². The Morgan fingerprint density at radius 1 is 0.958 bits per heavy atom. The third kappa shape index (κ3) is 4.91. The van der Waals surface area contributed by atoms with Gasteiger partial charge in [-0.05, 0) is 42.8 Å². The minimum atomic E-state index is -0.209. The van der Waals surface area contributed by atoms with Gasteiger partial charge in [0.25, 0.3) is 5.91 Å². The van der Waals surface area contributed by atoms with Crippen molar-refractivity contribution in [1.29, 1.82) is 0 Å². The van der Waals surface area contributed by atoms with Gasteiger partial charge in [0.1, 0.15) is 11.5 Å². The molecular formula is C19H24N2O3. The average molecular weight is 328 g/mol. The molecule has 0 unspecified atom stereocenters. The Morgan fingerprint density at radius 2 is 1.54 bits per heavy atom. The highest BCUT2D eigenvalue weighted by atomic mass is 16.5. The SMILES string of the molecule is CCCCNc1ccc(NC(=O)c2cc(OC)cc(OC)c2)cc1. The van der Waals surface area contributed by atoms with E-state index in [2.05, 4.69) is 17.6 Å². The van der Waals surface area contributed by atoms with E-state index >= 15 is 0 Å². The van der Waals surface area contributed by atoms with Crippen LogP contribution in [0, 0.1) is 0 Å². The second kappa shape index (κ2) is 8.82. The van der Waals surface area contributed by atoms with Crippen molar-refractivity contribution in [2.45, 2.75) is 19.8 Å². The number of carbonyl (C=O) groups is 1. The highest BCUT2D eigenvalue weighted by molar-refractivity contribution is 6.04. The fourth-order valence-corrected chi connectivity index (χ4v) is 2.22. The molecule has 5 nitrogen and oxygen atoms in total. The maximum Gasteiger partial charge on any atom is 0.255 e. The molecule has 0 bridgehead atoms. The molecule has 2 aromatic carbocycles. The van der Waals surface area contributed by atoms with E-state index in [1.165, 1.54) is 0 Å². The van der Waals surface area contributed by atoms with E-state index in [0.717, 1.165) is 30.8 Å². The van der Waals surface area contributed by atoms with Gasteiger partial charge in [-0.15, -0.1) is 0 Å². The summed E-state index contributed by atoms with van der Waals surface area (Å²) in [5, 5.41) is 6.22. The zero-order valence-corrected chi connectivity index (χ0v) is 14.4. The molecule has 1 amide bonds. The number of methoxy groups -OCH3 is 2. The average Bonchev–Trinajstić information content (AvgIpc) is 2.62. The quantitative estimate of drug-likeness (QED) is 0.714. The molecule has 2 N–H and O–H groups in total. The first-order chi connectivity index (χ1) is 11.7. The molecule has 0 atom stereocenters. The summed E-state index contributed by atoms with van der Waals surface area (Å²) in [4.78, 5) is 12.4. The van der Waals surface area contributed by atoms with Crippen molar-refractivity contribution >= 4 is 17.3 Å². The van der Waals surface area contributed by atoms with Crippen LogP contribution in [0.5, 0.6) is 11.5 Å².